The van der Waals surface area contributed by atoms with Gasteiger partial charge in [-0.1, -0.05) is 40.0 Å². The number of hydrogen-bond donors (Lipinski definition) is 2. The molecule has 0 spiro atoms. The molecule has 0 unspecified atom stereocenters. The molecule has 0 aliphatic rings. The van der Waals surface area contributed by atoms with Crippen molar-refractivity contribution in [2.45, 2.75) is 27.4 Å². The third kappa shape index (κ3) is 3.22. The molecular formula is C11H13N5OS3. The lowest BCUT2D eigenvalue weighted by atomic mass is 10.1. The summed E-state index contributed by atoms with van der Waals surface area (Å²) >= 11 is 4.50. The number of nitrogens with two attached hydrogens (primary N) is 1. The van der Waals surface area contributed by atoms with Crippen molar-refractivity contribution in [3.63, 3.8) is 0 Å². The minimum atomic E-state index is 0.0482. The first-order valence-electron chi connectivity index (χ1n) is 5.56. The van der Waals surface area contributed by atoms with E-state index in [-0.39, 0.29) is 5.84 Å². The second-order valence-electron chi connectivity index (χ2n) is 3.85. The van der Waals surface area contributed by atoms with Crippen molar-refractivity contribution < 1.29 is 5.21 Å². The summed E-state index contributed by atoms with van der Waals surface area (Å²) in [6, 6.07) is 1.89. The number of pyridine rings is 1. The molecule has 0 fully saturated rings. The fourth-order valence-electron chi connectivity index (χ4n) is 1.65. The van der Waals surface area contributed by atoms with Crippen LogP contribution in [0.15, 0.2) is 24.8 Å². The first kappa shape index (κ1) is 15.1. The lowest BCUT2D eigenvalue weighted by Crippen LogP contribution is -2.17. The molecule has 0 amide bonds. The standard InChI is InChI=1S/C11H13N5OS3/c1-5-4-7(8(6(2)13-5)9(12)16-17)19-11-15-14-10(18-3)20-11/h4,17H,1-3H3,(H2,12,16). The van der Waals surface area contributed by atoms with E-state index in [0.29, 0.717) is 5.56 Å². The second kappa shape index (κ2) is 6.42. The van der Waals surface area contributed by atoms with Gasteiger partial charge in [0.1, 0.15) is 0 Å². The molecule has 9 heteroatoms. The predicted molar refractivity (Wildman–Crippen MR) is 82.0 cm³/mol. The third-order valence-electron chi connectivity index (χ3n) is 2.42. The zero-order chi connectivity index (χ0) is 14.7. The molecule has 0 aromatic carbocycles. The summed E-state index contributed by atoms with van der Waals surface area (Å²) in [5, 5.41) is 20.2. The highest BCUT2D eigenvalue weighted by molar-refractivity contribution is 8.03. The van der Waals surface area contributed by atoms with Crippen LogP contribution in [0.4, 0.5) is 0 Å². The van der Waals surface area contributed by atoms with E-state index in [4.69, 9.17) is 10.9 Å². The molecular weight excluding hydrogens is 314 g/mol. The van der Waals surface area contributed by atoms with E-state index in [9.17, 15) is 0 Å². The van der Waals surface area contributed by atoms with Gasteiger partial charge >= 0.3 is 0 Å². The van der Waals surface area contributed by atoms with Crippen LogP contribution in [0.2, 0.25) is 0 Å². The van der Waals surface area contributed by atoms with Crippen LogP contribution in [0.1, 0.15) is 17.0 Å². The largest absolute Gasteiger partial charge is 0.409 e. The summed E-state index contributed by atoms with van der Waals surface area (Å²) in [7, 11) is 0. The van der Waals surface area contributed by atoms with Crippen molar-refractivity contribution in [3.8, 4) is 0 Å². The van der Waals surface area contributed by atoms with Crippen molar-refractivity contribution in [1.82, 2.24) is 15.2 Å². The van der Waals surface area contributed by atoms with E-state index in [1.807, 2.05) is 26.2 Å². The van der Waals surface area contributed by atoms with Gasteiger partial charge in [-0.25, -0.2) is 0 Å². The molecule has 0 radical (unpaired) electrons. The van der Waals surface area contributed by atoms with Crippen LogP contribution in [-0.4, -0.2) is 32.5 Å². The third-order valence-corrected chi connectivity index (χ3v) is 5.41. The Hall–Kier alpha value is -1.32. The first-order valence-corrected chi connectivity index (χ1v) is 8.42. The molecule has 6 nitrogen and oxygen atoms in total. The molecule has 0 bridgehead atoms. The number of rotatable bonds is 4. The molecule has 2 heterocycles. The zero-order valence-electron chi connectivity index (χ0n) is 11.1. The van der Waals surface area contributed by atoms with Gasteiger partial charge < -0.3 is 10.9 Å². The Bertz CT molecular complexity index is 656. The van der Waals surface area contributed by atoms with Crippen LogP contribution < -0.4 is 5.73 Å². The fraction of sp³-hybridized carbons (Fsp3) is 0.273. The van der Waals surface area contributed by atoms with Crippen LogP contribution in [0.3, 0.4) is 0 Å². The van der Waals surface area contributed by atoms with Crippen molar-refractivity contribution in [2.75, 3.05) is 6.26 Å². The van der Waals surface area contributed by atoms with E-state index in [1.54, 1.807) is 11.8 Å². The molecule has 0 saturated carbocycles. The quantitative estimate of drug-likeness (QED) is 0.293. The number of amidine groups is 1. The molecule has 2 rings (SSSR count). The van der Waals surface area contributed by atoms with Gasteiger partial charge in [-0.3, -0.25) is 4.98 Å². The van der Waals surface area contributed by atoms with Crippen LogP contribution in [-0.2, 0) is 0 Å². The average molecular weight is 327 g/mol. The van der Waals surface area contributed by atoms with Gasteiger partial charge in [-0.15, -0.1) is 10.2 Å². The minimum Gasteiger partial charge on any atom is -0.409 e. The monoisotopic (exact) mass is 327 g/mol. The Labute approximate surface area is 128 Å². The van der Waals surface area contributed by atoms with Gasteiger partial charge in [0.2, 0.25) is 0 Å². The lowest BCUT2D eigenvalue weighted by Gasteiger charge is -2.10. The van der Waals surface area contributed by atoms with Crippen LogP contribution in [0.25, 0.3) is 0 Å². The van der Waals surface area contributed by atoms with E-state index in [0.717, 1.165) is 25.0 Å². The average Bonchev–Trinajstić information content (AvgIpc) is 2.85. The fourth-order valence-corrected chi connectivity index (χ4v) is 4.34. The molecule has 2 aromatic heterocycles. The highest BCUT2D eigenvalue weighted by Gasteiger charge is 2.16. The Morgan fingerprint density at radius 3 is 2.65 bits per heavy atom. The first-order chi connectivity index (χ1) is 9.55. The van der Waals surface area contributed by atoms with Gasteiger partial charge in [-0.05, 0) is 26.2 Å². The Kier molecular flexibility index (Phi) is 4.84. The minimum absolute atomic E-state index is 0.0482. The maximum Gasteiger partial charge on any atom is 0.179 e. The summed E-state index contributed by atoms with van der Waals surface area (Å²) in [6.45, 7) is 3.73. The van der Waals surface area contributed by atoms with Crippen molar-refractivity contribution in [3.05, 3.63) is 23.0 Å². The molecule has 0 aliphatic heterocycles. The number of thioether (sulfide) groups is 1. The predicted octanol–water partition coefficient (Wildman–Crippen LogP) is 2.52. The number of aryl methyl sites for hydroxylation is 2. The van der Waals surface area contributed by atoms with Gasteiger partial charge in [0, 0.05) is 16.3 Å². The molecule has 106 valence electrons. The summed E-state index contributed by atoms with van der Waals surface area (Å²) in [5.74, 6) is 0.0482. The summed E-state index contributed by atoms with van der Waals surface area (Å²) in [4.78, 5) is 5.20. The second-order valence-corrected chi connectivity index (χ2v) is 7.17. The van der Waals surface area contributed by atoms with Gasteiger partial charge in [0.15, 0.2) is 14.5 Å². The molecule has 2 aromatic rings. The normalized spacial score (nSPS) is 11.8. The van der Waals surface area contributed by atoms with E-state index >= 15 is 0 Å². The topological polar surface area (TPSA) is 97.3 Å². The smallest absolute Gasteiger partial charge is 0.179 e. The van der Waals surface area contributed by atoms with Crippen LogP contribution in [0.5, 0.6) is 0 Å². The Balaban J connectivity index is 2.44. The Morgan fingerprint density at radius 1 is 1.35 bits per heavy atom. The molecule has 0 aliphatic carbocycles. The van der Waals surface area contributed by atoms with E-state index in [1.165, 1.54) is 23.1 Å². The summed E-state index contributed by atoms with van der Waals surface area (Å²) in [5.41, 5.74) is 7.96. The molecule has 3 N–H and O–H groups in total. The van der Waals surface area contributed by atoms with E-state index < -0.39 is 0 Å². The van der Waals surface area contributed by atoms with Gasteiger partial charge in [0.25, 0.3) is 0 Å². The van der Waals surface area contributed by atoms with Crippen LogP contribution in [0, 0.1) is 13.8 Å². The summed E-state index contributed by atoms with van der Waals surface area (Å²) in [6.07, 6.45) is 1.96. The van der Waals surface area contributed by atoms with Gasteiger partial charge in [0.05, 0.1) is 5.56 Å². The van der Waals surface area contributed by atoms with E-state index in [2.05, 4.69) is 20.3 Å². The lowest BCUT2D eigenvalue weighted by molar-refractivity contribution is 0.318. The summed E-state index contributed by atoms with van der Waals surface area (Å²) < 4.78 is 1.71. The number of nitrogens with zero attached hydrogens (tertiary/aromatic N) is 4. The Morgan fingerprint density at radius 2 is 2.05 bits per heavy atom. The molecule has 20 heavy (non-hydrogen) atoms. The SMILES string of the molecule is CSc1nnc(Sc2cc(C)nc(C)c2/C(N)=N/O)s1. The van der Waals surface area contributed by atoms with Crippen molar-refractivity contribution in [2.24, 2.45) is 10.9 Å². The number of oxime groups is 1. The zero-order valence-corrected chi connectivity index (χ0v) is 13.6. The highest BCUT2D eigenvalue weighted by atomic mass is 32.2. The van der Waals surface area contributed by atoms with Gasteiger partial charge in [-0.2, -0.15) is 0 Å². The van der Waals surface area contributed by atoms with Crippen LogP contribution >= 0.6 is 34.9 Å². The number of aromatic nitrogens is 3. The highest BCUT2D eigenvalue weighted by Crippen LogP contribution is 2.35. The number of hydrogen-bond acceptors (Lipinski definition) is 8. The van der Waals surface area contributed by atoms with Crippen molar-refractivity contribution >= 4 is 40.7 Å². The molecule has 0 atom stereocenters. The molecule has 0 saturated heterocycles. The maximum atomic E-state index is 8.91. The van der Waals surface area contributed by atoms with Crippen molar-refractivity contribution in [1.29, 1.82) is 0 Å². The maximum absolute atomic E-state index is 8.91.